The average Bonchev–Trinajstić information content (AvgIpc) is 2.97. The van der Waals surface area contributed by atoms with Gasteiger partial charge in [0.2, 0.25) is 0 Å². The highest BCUT2D eigenvalue weighted by molar-refractivity contribution is 7.13. The number of nitrogens with zero attached hydrogens (tertiary/aromatic N) is 1. The number of aryl methyl sites for hydroxylation is 2. The van der Waals surface area contributed by atoms with Crippen molar-refractivity contribution < 1.29 is 5.11 Å². The number of phenolic OH excluding ortho intramolecular Hbond substituents is 1. The van der Waals surface area contributed by atoms with E-state index in [1.807, 2.05) is 19.1 Å². The lowest BCUT2D eigenvalue weighted by atomic mass is 10.2. The molecule has 96 valence electrons. The van der Waals surface area contributed by atoms with Gasteiger partial charge in [-0.05, 0) is 44.2 Å². The van der Waals surface area contributed by atoms with Crippen molar-refractivity contribution >= 4 is 11.3 Å². The maximum absolute atomic E-state index is 9.30. The zero-order valence-electron chi connectivity index (χ0n) is 10.8. The van der Waals surface area contributed by atoms with Crippen LogP contribution < -0.4 is 0 Å². The molecular weight excluding hydrogens is 256 g/mol. The molecule has 0 aliphatic heterocycles. The number of nitrogens with one attached hydrogen (secondary N) is 1. The summed E-state index contributed by atoms with van der Waals surface area (Å²) >= 11 is 1.61. The van der Waals surface area contributed by atoms with Crippen LogP contribution in [-0.4, -0.2) is 15.1 Å². The summed E-state index contributed by atoms with van der Waals surface area (Å²) in [5.41, 5.74) is 5.46. The van der Waals surface area contributed by atoms with Crippen molar-refractivity contribution in [2.75, 3.05) is 0 Å². The molecular formula is C15H14N2OS. The van der Waals surface area contributed by atoms with Gasteiger partial charge in [-0.25, -0.2) is 4.98 Å². The first kappa shape index (κ1) is 12.0. The van der Waals surface area contributed by atoms with Gasteiger partial charge in [-0.1, -0.05) is 0 Å². The number of aromatic hydroxyl groups is 1. The van der Waals surface area contributed by atoms with E-state index in [1.165, 1.54) is 0 Å². The SMILES string of the molecule is Cc1cc(-c2csc(-c3ccc(O)cc3)n2)c(C)[nH]1. The molecule has 2 N–H and O–H groups in total. The molecule has 0 amide bonds. The fraction of sp³-hybridized carbons (Fsp3) is 0.133. The highest BCUT2D eigenvalue weighted by atomic mass is 32.1. The molecule has 2 aromatic heterocycles. The van der Waals surface area contributed by atoms with Gasteiger partial charge in [-0.2, -0.15) is 0 Å². The van der Waals surface area contributed by atoms with Crippen LogP contribution >= 0.6 is 11.3 Å². The topological polar surface area (TPSA) is 48.9 Å². The number of rotatable bonds is 2. The van der Waals surface area contributed by atoms with Crippen LogP contribution in [-0.2, 0) is 0 Å². The minimum Gasteiger partial charge on any atom is -0.508 e. The third-order valence-electron chi connectivity index (χ3n) is 3.04. The maximum Gasteiger partial charge on any atom is 0.124 e. The van der Waals surface area contributed by atoms with Crippen molar-refractivity contribution in [3.8, 4) is 27.6 Å². The lowest BCUT2D eigenvalue weighted by Crippen LogP contribution is -1.80. The van der Waals surface area contributed by atoms with Crippen molar-refractivity contribution in [1.82, 2.24) is 9.97 Å². The molecule has 2 heterocycles. The quantitative estimate of drug-likeness (QED) is 0.735. The summed E-state index contributed by atoms with van der Waals surface area (Å²) in [6.07, 6.45) is 0. The van der Waals surface area contributed by atoms with Crippen LogP contribution in [0.2, 0.25) is 0 Å². The van der Waals surface area contributed by atoms with Gasteiger partial charge in [0.05, 0.1) is 5.69 Å². The Morgan fingerprint density at radius 1 is 1.16 bits per heavy atom. The van der Waals surface area contributed by atoms with Crippen molar-refractivity contribution in [3.63, 3.8) is 0 Å². The Kier molecular flexibility index (Phi) is 2.87. The zero-order chi connectivity index (χ0) is 13.4. The fourth-order valence-electron chi connectivity index (χ4n) is 2.12. The van der Waals surface area contributed by atoms with Crippen molar-refractivity contribution in [2.45, 2.75) is 13.8 Å². The molecule has 1 aromatic carbocycles. The third kappa shape index (κ3) is 2.27. The predicted octanol–water partition coefficient (Wildman–Crippen LogP) is 4.13. The smallest absolute Gasteiger partial charge is 0.124 e. The fourth-order valence-corrected chi connectivity index (χ4v) is 2.95. The Morgan fingerprint density at radius 3 is 2.53 bits per heavy atom. The number of phenols is 1. The van der Waals surface area contributed by atoms with Crippen LogP contribution in [0, 0.1) is 13.8 Å². The van der Waals surface area contributed by atoms with E-state index in [9.17, 15) is 5.11 Å². The van der Waals surface area contributed by atoms with Gasteiger partial charge in [0.1, 0.15) is 10.8 Å². The molecule has 3 aromatic rings. The van der Waals surface area contributed by atoms with Gasteiger partial charge >= 0.3 is 0 Å². The summed E-state index contributed by atoms with van der Waals surface area (Å²) in [5.74, 6) is 0.276. The molecule has 19 heavy (non-hydrogen) atoms. The van der Waals surface area contributed by atoms with Crippen LogP contribution in [0.3, 0.4) is 0 Å². The van der Waals surface area contributed by atoms with E-state index in [0.717, 1.165) is 33.2 Å². The first-order chi connectivity index (χ1) is 9.13. The number of benzene rings is 1. The zero-order valence-corrected chi connectivity index (χ0v) is 11.6. The molecule has 0 spiro atoms. The second-order valence-electron chi connectivity index (χ2n) is 4.58. The molecule has 0 fully saturated rings. The summed E-state index contributed by atoms with van der Waals surface area (Å²) < 4.78 is 0. The molecule has 0 unspecified atom stereocenters. The van der Waals surface area contributed by atoms with E-state index < -0.39 is 0 Å². The molecule has 0 atom stereocenters. The number of hydrogen-bond acceptors (Lipinski definition) is 3. The molecule has 4 heteroatoms. The Morgan fingerprint density at radius 2 is 1.89 bits per heavy atom. The third-order valence-corrected chi connectivity index (χ3v) is 3.94. The second kappa shape index (κ2) is 4.55. The number of hydrogen-bond donors (Lipinski definition) is 2. The average molecular weight is 270 g/mol. The van der Waals surface area contributed by atoms with Gasteiger partial charge in [0, 0.05) is 27.9 Å². The standard InChI is InChI=1S/C15H14N2OS/c1-9-7-13(10(2)16-9)14-8-19-15(17-14)11-3-5-12(18)6-4-11/h3-8,16,18H,1-2H3. The Labute approximate surface area is 115 Å². The van der Waals surface area contributed by atoms with Crippen LogP contribution in [0.15, 0.2) is 35.7 Å². The first-order valence-electron chi connectivity index (χ1n) is 6.05. The number of H-pyrrole nitrogens is 1. The maximum atomic E-state index is 9.30. The highest BCUT2D eigenvalue weighted by Crippen LogP contribution is 2.31. The predicted molar refractivity (Wildman–Crippen MR) is 78.5 cm³/mol. The van der Waals surface area contributed by atoms with E-state index in [4.69, 9.17) is 0 Å². The summed E-state index contributed by atoms with van der Waals surface area (Å²) in [6, 6.07) is 9.25. The largest absolute Gasteiger partial charge is 0.508 e. The summed E-state index contributed by atoms with van der Waals surface area (Å²) in [6.45, 7) is 4.10. The van der Waals surface area contributed by atoms with E-state index in [0.29, 0.717) is 0 Å². The Balaban J connectivity index is 1.99. The van der Waals surface area contributed by atoms with E-state index in [2.05, 4.69) is 28.3 Å². The normalized spacial score (nSPS) is 10.8. The number of aromatic nitrogens is 2. The monoisotopic (exact) mass is 270 g/mol. The Bertz CT molecular complexity index is 710. The number of aromatic amines is 1. The van der Waals surface area contributed by atoms with Gasteiger partial charge in [0.25, 0.3) is 0 Å². The van der Waals surface area contributed by atoms with Gasteiger partial charge in [-0.15, -0.1) is 11.3 Å². The molecule has 0 saturated heterocycles. The lowest BCUT2D eigenvalue weighted by molar-refractivity contribution is 0.475. The summed E-state index contributed by atoms with van der Waals surface area (Å²) in [7, 11) is 0. The Hall–Kier alpha value is -2.07. The second-order valence-corrected chi connectivity index (χ2v) is 5.43. The molecule has 3 rings (SSSR count). The van der Waals surface area contributed by atoms with Gasteiger partial charge < -0.3 is 10.1 Å². The van der Waals surface area contributed by atoms with Crippen LogP contribution in [0.25, 0.3) is 21.8 Å². The van der Waals surface area contributed by atoms with E-state index in [-0.39, 0.29) is 5.75 Å². The first-order valence-corrected chi connectivity index (χ1v) is 6.93. The van der Waals surface area contributed by atoms with E-state index >= 15 is 0 Å². The summed E-state index contributed by atoms with van der Waals surface area (Å²) in [5, 5.41) is 12.3. The van der Waals surface area contributed by atoms with Crippen molar-refractivity contribution in [2.24, 2.45) is 0 Å². The minimum absolute atomic E-state index is 0.276. The molecule has 3 nitrogen and oxygen atoms in total. The van der Waals surface area contributed by atoms with Crippen LogP contribution in [0.4, 0.5) is 0 Å². The van der Waals surface area contributed by atoms with Crippen molar-refractivity contribution in [3.05, 3.63) is 47.1 Å². The molecule has 0 saturated carbocycles. The number of thiazole rings is 1. The van der Waals surface area contributed by atoms with Gasteiger partial charge in [-0.3, -0.25) is 0 Å². The highest BCUT2D eigenvalue weighted by Gasteiger charge is 2.10. The van der Waals surface area contributed by atoms with Gasteiger partial charge in [0.15, 0.2) is 0 Å². The summed E-state index contributed by atoms with van der Waals surface area (Å²) in [4.78, 5) is 7.97. The molecule has 0 radical (unpaired) electrons. The van der Waals surface area contributed by atoms with Crippen LogP contribution in [0.5, 0.6) is 5.75 Å². The molecule has 0 bridgehead atoms. The van der Waals surface area contributed by atoms with E-state index in [1.54, 1.807) is 23.5 Å². The lowest BCUT2D eigenvalue weighted by Gasteiger charge is -1.96. The van der Waals surface area contributed by atoms with Crippen LogP contribution in [0.1, 0.15) is 11.4 Å². The minimum atomic E-state index is 0.276. The van der Waals surface area contributed by atoms with Crippen molar-refractivity contribution in [1.29, 1.82) is 0 Å². The molecule has 0 aliphatic rings. The molecule has 0 aliphatic carbocycles.